The molecule has 0 aliphatic carbocycles. The van der Waals surface area contributed by atoms with Crippen LogP contribution in [0, 0.1) is 0 Å². The molecule has 0 aliphatic heterocycles. The maximum atomic E-state index is 12.5. The Morgan fingerprint density at radius 1 is 1.15 bits per heavy atom. The van der Waals surface area contributed by atoms with E-state index in [1.165, 1.54) is 11.9 Å². The number of hydrogen-bond donors (Lipinski definition) is 0. The molecule has 20 heavy (non-hydrogen) atoms. The summed E-state index contributed by atoms with van der Waals surface area (Å²) in [6, 6.07) is 7.79. The second-order valence-corrected chi connectivity index (χ2v) is 5.91. The largest absolute Gasteiger partial charge is 0.287 e. The molecule has 0 saturated heterocycles. The number of carbonyl (C=O) groups is 1. The number of aryl methyl sites for hydroxylation is 1. The van der Waals surface area contributed by atoms with Crippen LogP contribution in [-0.4, -0.2) is 15.8 Å². The van der Waals surface area contributed by atoms with E-state index in [0.29, 0.717) is 11.3 Å². The predicted octanol–water partition coefficient (Wildman–Crippen LogP) is 3.57. The van der Waals surface area contributed by atoms with Crippen molar-refractivity contribution < 1.29 is 4.79 Å². The van der Waals surface area contributed by atoms with Crippen molar-refractivity contribution in [2.75, 3.05) is 0 Å². The summed E-state index contributed by atoms with van der Waals surface area (Å²) in [5.74, 6) is -0.0373. The van der Waals surface area contributed by atoms with Crippen LogP contribution < -0.4 is 0 Å². The van der Waals surface area contributed by atoms with Gasteiger partial charge in [0.15, 0.2) is 0 Å². The summed E-state index contributed by atoms with van der Waals surface area (Å²) < 4.78 is 0. The van der Waals surface area contributed by atoms with Crippen molar-refractivity contribution >= 4 is 5.78 Å². The van der Waals surface area contributed by atoms with Crippen molar-refractivity contribution in [2.45, 2.75) is 39.5 Å². The van der Waals surface area contributed by atoms with Gasteiger partial charge in [-0.1, -0.05) is 52.0 Å². The smallest absolute Gasteiger partial charge is 0.211 e. The molecule has 0 unspecified atom stereocenters. The summed E-state index contributed by atoms with van der Waals surface area (Å²) in [6.45, 7) is 8.47. The molecule has 0 spiro atoms. The Hall–Kier alpha value is -2.03. The maximum Gasteiger partial charge on any atom is 0.211 e. The summed E-state index contributed by atoms with van der Waals surface area (Å²) in [6.07, 6.45) is 3.89. The molecule has 1 aromatic carbocycles. The third-order valence-electron chi connectivity index (χ3n) is 3.40. The fourth-order valence-electron chi connectivity index (χ4n) is 2.08. The van der Waals surface area contributed by atoms with E-state index < -0.39 is 0 Å². The highest BCUT2D eigenvalue weighted by Crippen LogP contribution is 2.23. The number of aromatic nitrogens is 2. The predicted molar refractivity (Wildman–Crippen MR) is 80.0 cm³/mol. The zero-order valence-corrected chi connectivity index (χ0v) is 12.5. The van der Waals surface area contributed by atoms with E-state index in [4.69, 9.17) is 0 Å². The quantitative estimate of drug-likeness (QED) is 0.799. The van der Waals surface area contributed by atoms with E-state index in [9.17, 15) is 4.79 Å². The summed E-state index contributed by atoms with van der Waals surface area (Å²) in [4.78, 5) is 20.6. The minimum Gasteiger partial charge on any atom is -0.287 e. The molecule has 0 atom stereocenters. The van der Waals surface area contributed by atoms with Gasteiger partial charge in [-0.2, -0.15) is 0 Å². The lowest BCUT2D eigenvalue weighted by Crippen LogP contribution is -2.12. The number of hydrogen-bond acceptors (Lipinski definition) is 3. The monoisotopic (exact) mass is 268 g/mol. The summed E-state index contributed by atoms with van der Waals surface area (Å²) in [7, 11) is 0. The zero-order valence-electron chi connectivity index (χ0n) is 12.5. The van der Waals surface area contributed by atoms with Gasteiger partial charge in [0.2, 0.25) is 5.78 Å². The lowest BCUT2D eigenvalue weighted by atomic mass is 9.86. The van der Waals surface area contributed by atoms with Gasteiger partial charge in [0.1, 0.15) is 12.0 Å². The molecule has 0 fully saturated rings. The highest BCUT2D eigenvalue weighted by atomic mass is 16.1. The molecule has 0 amide bonds. The fraction of sp³-hybridized carbons (Fsp3) is 0.353. The molecule has 1 aromatic heterocycles. The number of carbonyl (C=O) groups excluding carboxylic acids is 1. The van der Waals surface area contributed by atoms with Gasteiger partial charge in [-0.3, -0.25) is 4.79 Å². The van der Waals surface area contributed by atoms with E-state index in [2.05, 4.69) is 30.7 Å². The third-order valence-corrected chi connectivity index (χ3v) is 3.40. The van der Waals surface area contributed by atoms with Gasteiger partial charge in [0, 0.05) is 11.8 Å². The first kappa shape index (κ1) is 14.4. The number of rotatable bonds is 3. The van der Waals surface area contributed by atoms with E-state index in [0.717, 1.165) is 12.0 Å². The average Bonchev–Trinajstić information content (AvgIpc) is 2.45. The molecule has 3 nitrogen and oxygen atoms in total. The molecular weight excluding hydrogens is 248 g/mol. The van der Waals surface area contributed by atoms with Crippen molar-refractivity contribution in [3.63, 3.8) is 0 Å². The van der Waals surface area contributed by atoms with Gasteiger partial charge < -0.3 is 0 Å². The van der Waals surface area contributed by atoms with Gasteiger partial charge >= 0.3 is 0 Å². The first-order valence-corrected chi connectivity index (χ1v) is 6.87. The molecule has 0 aliphatic rings. The molecule has 2 aromatic rings. The van der Waals surface area contributed by atoms with Crippen LogP contribution in [0.4, 0.5) is 0 Å². The maximum absolute atomic E-state index is 12.5. The molecule has 0 bridgehead atoms. The number of nitrogens with zero attached hydrogens (tertiary/aromatic N) is 2. The van der Waals surface area contributed by atoms with Gasteiger partial charge in [0.05, 0.1) is 0 Å². The molecule has 0 radical (unpaired) electrons. The first-order chi connectivity index (χ1) is 9.43. The highest BCUT2D eigenvalue weighted by molar-refractivity contribution is 6.08. The minimum atomic E-state index is -0.0373. The Morgan fingerprint density at radius 3 is 2.35 bits per heavy atom. The van der Waals surface area contributed by atoms with Gasteiger partial charge in [-0.05, 0) is 23.0 Å². The third kappa shape index (κ3) is 2.93. The fourth-order valence-corrected chi connectivity index (χ4v) is 2.08. The Kier molecular flexibility index (Phi) is 3.98. The molecule has 0 N–H and O–H groups in total. The van der Waals surface area contributed by atoms with Crippen LogP contribution in [0.3, 0.4) is 0 Å². The van der Waals surface area contributed by atoms with Gasteiger partial charge in [0.25, 0.3) is 0 Å². The van der Waals surface area contributed by atoms with Crippen molar-refractivity contribution in [3.8, 4) is 0 Å². The van der Waals surface area contributed by atoms with Crippen molar-refractivity contribution in [3.05, 3.63) is 59.2 Å². The summed E-state index contributed by atoms with van der Waals surface area (Å²) >= 11 is 0. The van der Waals surface area contributed by atoms with Crippen LogP contribution in [0.15, 0.2) is 36.8 Å². The first-order valence-electron chi connectivity index (χ1n) is 6.87. The Morgan fingerprint density at radius 2 is 1.80 bits per heavy atom. The van der Waals surface area contributed by atoms with Crippen LogP contribution in [0.25, 0.3) is 0 Å². The number of benzene rings is 1. The van der Waals surface area contributed by atoms with Crippen molar-refractivity contribution in [1.82, 2.24) is 9.97 Å². The van der Waals surface area contributed by atoms with Crippen LogP contribution in [0.2, 0.25) is 0 Å². The zero-order chi connectivity index (χ0) is 14.8. The molecule has 2 rings (SSSR count). The number of ketones is 1. The second kappa shape index (κ2) is 5.53. The Balaban J connectivity index is 2.34. The van der Waals surface area contributed by atoms with E-state index >= 15 is 0 Å². The van der Waals surface area contributed by atoms with E-state index in [1.807, 2.05) is 31.2 Å². The van der Waals surface area contributed by atoms with Crippen LogP contribution in [0.5, 0.6) is 0 Å². The van der Waals surface area contributed by atoms with Crippen LogP contribution in [0.1, 0.15) is 54.9 Å². The molecule has 1 heterocycles. The van der Waals surface area contributed by atoms with Crippen LogP contribution in [-0.2, 0) is 11.8 Å². The summed E-state index contributed by atoms with van der Waals surface area (Å²) in [5.41, 5.74) is 3.37. The summed E-state index contributed by atoms with van der Waals surface area (Å²) in [5, 5.41) is 0. The SMILES string of the molecule is CCc1cncnc1C(=O)c1ccc(C(C)(C)C)cc1. The van der Waals surface area contributed by atoms with Gasteiger partial charge in [-0.25, -0.2) is 9.97 Å². The minimum absolute atomic E-state index is 0.0373. The topological polar surface area (TPSA) is 42.9 Å². The lowest BCUT2D eigenvalue weighted by Gasteiger charge is -2.19. The second-order valence-electron chi connectivity index (χ2n) is 5.91. The van der Waals surface area contributed by atoms with Gasteiger partial charge in [-0.15, -0.1) is 0 Å². The van der Waals surface area contributed by atoms with E-state index in [-0.39, 0.29) is 11.2 Å². The van der Waals surface area contributed by atoms with E-state index in [1.54, 1.807) is 6.20 Å². The van der Waals surface area contributed by atoms with Crippen molar-refractivity contribution in [2.24, 2.45) is 0 Å². The average molecular weight is 268 g/mol. The Bertz CT molecular complexity index is 610. The molecule has 3 heteroatoms. The normalized spacial score (nSPS) is 11.4. The molecule has 104 valence electrons. The Labute approximate surface area is 120 Å². The molecule has 0 saturated carbocycles. The lowest BCUT2D eigenvalue weighted by molar-refractivity contribution is 0.103. The molecular formula is C17H20N2O. The van der Waals surface area contributed by atoms with Crippen LogP contribution >= 0.6 is 0 Å². The standard InChI is InChI=1S/C17H20N2O/c1-5-12-10-18-11-19-15(12)16(20)13-6-8-14(9-7-13)17(2,3)4/h6-11H,5H2,1-4H3. The van der Waals surface area contributed by atoms with Crippen molar-refractivity contribution in [1.29, 1.82) is 0 Å². The highest BCUT2D eigenvalue weighted by Gasteiger charge is 2.17.